The molecule has 2 aromatic rings. The molecule has 0 radical (unpaired) electrons. The van der Waals surface area contributed by atoms with Crippen molar-refractivity contribution in [1.29, 1.82) is 0 Å². The summed E-state index contributed by atoms with van der Waals surface area (Å²) in [5.41, 5.74) is 3.66. The summed E-state index contributed by atoms with van der Waals surface area (Å²) in [7, 11) is 2.07. The number of ether oxygens (including phenoxy) is 3. The monoisotopic (exact) mass is 746 g/mol. The zero-order chi connectivity index (χ0) is 36.5. The Morgan fingerprint density at radius 1 is 1.12 bits per heavy atom. The normalized spacial score (nSPS) is 20.4. The number of carbonyl (C=O) groups is 2. The molecule has 0 bridgehead atoms. The third-order valence-electron chi connectivity index (χ3n) is 10.2. The Labute approximate surface area is 309 Å². The molecule has 2 heterocycles. The molecule has 280 valence electrons. The highest BCUT2D eigenvalue weighted by Crippen LogP contribution is 2.35. The van der Waals surface area contributed by atoms with E-state index in [1.807, 2.05) is 43.0 Å². The second-order valence-corrected chi connectivity index (χ2v) is 15.9. The number of hydrogen-bond donors (Lipinski definition) is 1. The Kier molecular flexibility index (Phi) is 14.3. The molecule has 2 saturated heterocycles. The number of benzene rings is 2. The Morgan fingerprint density at radius 3 is 2.59 bits per heavy atom. The first-order chi connectivity index (χ1) is 24.5. The highest BCUT2D eigenvalue weighted by Gasteiger charge is 2.29. The second kappa shape index (κ2) is 18.6. The van der Waals surface area contributed by atoms with Crippen molar-refractivity contribution >= 4 is 40.1 Å². The number of allylic oxidation sites excluding steroid dienone is 1. The summed E-state index contributed by atoms with van der Waals surface area (Å²) in [4.78, 5) is 31.3. The van der Waals surface area contributed by atoms with Crippen molar-refractivity contribution in [2.75, 3.05) is 78.2 Å². The number of hydrogen-bond acceptors (Lipinski definition) is 8. The van der Waals surface area contributed by atoms with Crippen LogP contribution < -0.4 is 14.4 Å². The van der Waals surface area contributed by atoms with Gasteiger partial charge in [-0.3, -0.25) is 19.2 Å². The maximum Gasteiger partial charge on any atom is 0.263 e. The molecule has 5 unspecified atom stereocenters. The van der Waals surface area contributed by atoms with E-state index in [4.69, 9.17) is 25.8 Å². The van der Waals surface area contributed by atoms with Gasteiger partial charge in [0.1, 0.15) is 29.2 Å². The summed E-state index contributed by atoms with van der Waals surface area (Å²) in [5.74, 6) is -0.162. The maximum atomic E-state index is 15.5. The highest BCUT2D eigenvalue weighted by atomic mass is 35.5. The van der Waals surface area contributed by atoms with E-state index in [9.17, 15) is 13.8 Å². The molecule has 0 spiro atoms. The molecular formula is C38H52ClFN4O6S. The Morgan fingerprint density at radius 2 is 1.88 bits per heavy atom. The van der Waals surface area contributed by atoms with Crippen LogP contribution in [-0.2, 0) is 31.7 Å². The number of amides is 2. The first kappa shape index (κ1) is 39.2. The summed E-state index contributed by atoms with van der Waals surface area (Å²) >= 11 is 6.23. The lowest BCUT2D eigenvalue weighted by atomic mass is 9.83. The van der Waals surface area contributed by atoms with Gasteiger partial charge in [0.15, 0.2) is 0 Å². The van der Waals surface area contributed by atoms with Gasteiger partial charge in [-0.1, -0.05) is 30.7 Å². The molecule has 13 heteroatoms. The minimum atomic E-state index is -1.71. The zero-order valence-electron chi connectivity index (χ0n) is 30.2. The number of morpholine rings is 1. The summed E-state index contributed by atoms with van der Waals surface area (Å²) in [6.45, 7) is 7.81. The van der Waals surface area contributed by atoms with Crippen LogP contribution in [0.15, 0.2) is 48.3 Å². The van der Waals surface area contributed by atoms with E-state index in [0.29, 0.717) is 50.6 Å². The van der Waals surface area contributed by atoms with Gasteiger partial charge in [0, 0.05) is 56.8 Å². The van der Waals surface area contributed by atoms with Crippen LogP contribution in [-0.4, -0.2) is 110 Å². The van der Waals surface area contributed by atoms with Crippen molar-refractivity contribution in [2.45, 2.75) is 63.2 Å². The Hall–Kier alpha value is -3.03. The van der Waals surface area contributed by atoms with Crippen molar-refractivity contribution in [3.05, 3.63) is 70.0 Å². The lowest BCUT2D eigenvalue weighted by Crippen LogP contribution is -2.48. The number of nitrogens with zero attached hydrogens (tertiary/aromatic N) is 3. The number of likely N-dealkylation sites (tertiary alicyclic amines) is 1. The molecule has 2 aromatic carbocycles. The van der Waals surface area contributed by atoms with Gasteiger partial charge in [0.2, 0.25) is 5.91 Å². The number of fused-ring (bicyclic) bond motifs is 1. The van der Waals surface area contributed by atoms with Crippen LogP contribution in [0.1, 0.15) is 66.9 Å². The van der Waals surface area contributed by atoms with E-state index in [-0.39, 0.29) is 36.8 Å². The largest absolute Gasteiger partial charge is 0.491 e. The van der Waals surface area contributed by atoms with Gasteiger partial charge in [-0.05, 0) is 86.4 Å². The van der Waals surface area contributed by atoms with Crippen LogP contribution in [0.3, 0.4) is 0 Å². The third-order valence-corrected chi connectivity index (χ3v) is 12.0. The minimum Gasteiger partial charge on any atom is -0.491 e. The quantitative estimate of drug-likeness (QED) is 0.240. The van der Waals surface area contributed by atoms with Gasteiger partial charge in [0.25, 0.3) is 5.91 Å². The van der Waals surface area contributed by atoms with E-state index in [1.165, 1.54) is 17.2 Å². The van der Waals surface area contributed by atoms with Gasteiger partial charge in [-0.2, -0.15) is 0 Å². The number of rotatable bonds is 16. The fraction of sp³-hybridized carbons (Fsp3) is 0.579. The average molecular weight is 747 g/mol. The smallest absolute Gasteiger partial charge is 0.263 e. The van der Waals surface area contributed by atoms with Crippen molar-refractivity contribution in [2.24, 2.45) is 5.92 Å². The van der Waals surface area contributed by atoms with Gasteiger partial charge in [0.05, 0.1) is 43.4 Å². The zero-order valence-corrected chi connectivity index (χ0v) is 31.8. The lowest BCUT2D eigenvalue weighted by molar-refractivity contribution is -0.140. The predicted octanol–water partition coefficient (Wildman–Crippen LogP) is 5.52. The van der Waals surface area contributed by atoms with Gasteiger partial charge >= 0.3 is 0 Å². The number of anilines is 1. The first-order valence-electron chi connectivity index (χ1n) is 18.0. The lowest BCUT2D eigenvalue weighted by Gasteiger charge is -2.37. The Bertz CT molecular complexity index is 1570. The van der Waals surface area contributed by atoms with Crippen LogP contribution in [0, 0.1) is 5.92 Å². The van der Waals surface area contributed by atoms with Crippen LogP contribution >= 0.6 is 11.6 Å². The fourth-order valence-corrected chi connectivity index (χ4v) is 7.85. The first-order valence-corrected chi connectivity index (χ1v) is 19.6. The molecule has 5 atom stereocenters. The maximum absolute atomic E-state index is 15.5. The van der Waals surface area contributed by atoms with E-state index in [1.54, 1.807) is 30.0 Å². The van der Waals surface area contributed by atoms with Crippen LogP contribution in [0.2, 0.25) is 5.02 Å². The summed E-state index contributed by atoms with van der Waals surface area (Å²) < 4.78 is 48.8. The van der Waals surface area contributed by atoms with E-state index < -0.39 is 28.2 Å². The minimum absolute atomic E-state index is 0.0764. The highest BCUT2D eigenvalue weighted by molar-refractivity contribution is 7.84. The van der Waals surface area contributed by atoms with Crippen molar-refractivity contribution in [3.63, 3.8) is 0 Å². The summed E-state index contributed by atoms with van der Waals surface area (Å²) in [5, 5.41) is 0.310. The number of carbonyl (C=O) groups excluding carboxylic acids is 2. The molecular weight excluding hydrogens is 695 g/mol. The molecule has 0 saturated carbocycles. The van der Waals surface area contributed by atoms with Crippen LogP contribution in [0.5, 0.6) is 5.75 Å². The van der Waals surface area contributed by atoms with Crippen LogP contribution in [0.4, 0.5) is 10.1 Å². The molecule has 1 N–H and O–H groups in total. The topological polar surface area (TPSA) is 101 Å². The molecule has 2 fully saturated rings. The van der Waals surface area contributed by atoms with Gasteiger partial charge in [-0.25, -0.2) is 8.60 Å². The molecule has 1 aliphatic carbocycles. The Balaban J connectivity index is 1.13. The second-order valence-electron chi connectivity index (χ2n) is 14.0. The molecule has 10 nitrogen and oxygen atoms in total. The van der Waals surface area contributed by atoms with E-state index in [0.717, 1.165) is 49.5 Å². The van der Waals surface area contributed by atoms with Crippen molar-refractivity contribution in [3.8, 4) is 5.75 Å². The fourth-order valence-electron chi connectivity index (χ4n) is 6.63. The SMILES string of the molecule is CC(C/C=C(\F)C(COCC(=O)N1CCOCC1)N1CCC1)C(C)S(=O)NC(=O)c1ccc(OCC2CCCc3cc(Cl)ccc32)c(N(C)C)c1. The molecule has 5 rings (SSSR count). The molecule has 3 aliphatic rings. The number of halogens is 2. The van der Waals surface area contributed by atoms with Crippen molar-refractivity contribution < 1.29 is 32.4 Å². The average Bonchev–Trinajstić information content (AvgIpc) is 3.11. The van der Waals surface area contributed by atoms with E-state index >= 15 is 4.39 Å². The molecule has 0 aromatic heterocycles. The van der Waals surface area contributed by atoms with Gasteiger partial charge < -0.3 is 24.0 Å². The predicted molar refractivity (Wildman–Crippen MR) is 200 cm³/mol. The van der Waals surface area contributed by atoms with Crippen molar-refractivity contribution in [1.82, 2.24) is 14.5 Å². The summed E-state index contributed by atoms with van der Waals surface area (Å²) in [6.07, 6.45) is 5.97. The third kappa shape index (κ3) is 10.5. The van der Waals surface area contributed by atoms with Gasteiger partial charge in [-0.15, -0.1) is 0 Å². The van der Waals surface area contributed by atoms with Crippen LogP contribution in [0.25, 0.3) is 0 Å². The van der Waals surface area contributed by atoms with E-state index in [2.05, 4.69) is 10.8 Å². The molecule has 2 amide bonds. The molecule has 51 heavy (non-hydrogen) atoms. The number of aryl methyl sites for hydroxylation is 1. The standard InChI is InChI=1S/C38H52ClFN4O6S/c1-26(9-13-33(40)35(43-15-6-16-43)24-49-25-37(45)44-17-19-48-20-18-44)27(2)51(47)41-38(46)29-10-14-36(34(22-29)42(3)4)50-23-30-8-5-7-28-21-31(39)11-12-32(28)30/h10-14,21-22,26-27,30,35H,5-9,15-20,23-25H2,1-4H3,(H,41,46)/b33-13-. The molecule has 2 aliphatic heterocycles. The number of nitrogens with one attached hydrogen (secondary N) is 1. The summed E-state index contributed by atoms with van der Waals surface area (Å²) in [6, 6.07) is 10.7.